The average molecular weight is 473 g/mol. The highest BCUT2D eigenvalue weighted by atomic mass is 32.1. The molecule has 0 aliphatic heterocycles. The molecule has 5 rings (SSSR count). The first kappa shape index (κ1) is 21.3. The van der Waals surface area contributed by atoms with Crippen LogP contribution in [0.3, 0.4) is 0 Å². The quantitative estimate of drug-likeness (QED) is 0.384. The van der Waals surface area contributed by atoms with E-state index in [-0.39, 0.29) is 5.56 Å². The van der Waals surface area contributed by atoms with Crippen molar-refractivity contribution in [3.05, 3.63) is 85.9 Å². The summed E-state index contributed by atoms with van der Waals surface area (Å²) in [7, 11) is 1.59. The Morgan fingerprint density at radius 2 is 1.82 bits per heavy atom. The number of hydrogen-bond donors (Lipinski definition) is 0. The van der Waals surface area contributed by atoms with Gasteiger partial charge in [0.15, 0.2) is 3.95 Å². The number of hydrogen-bond acceptors (Lipinski definition) is 6. The van der Waals surface area contributed by atoms with Crippen LogP contribution in [-0.4, -0.2) is 21.5 Å². The molecule has 2 aromatic heterocycles. The average Bonchev–Trinajstić information content (AvgIpc) is 3.14. The minimum absolute atomic E-state index is 0.0845. The van der Waals surface area contributed by atoms with E-state index in [0.717, 1.165) is 22.0 Å². The molecule has 164 valence electrons. The Morgan fingerprint density at radius 1 is 1.12 bits per heavy atom. The van der Waals surface area contributed by atoms with Crippen LogP contribution in [0, 0.1) is 15.3 Å². The Kier molecular flexibility index (Phi) is 5.04. The van der Waals surface area contributed by atoms with Crippen LogP contribution in [-0.2, 0) is 11.8 Å². The molecule has 6 nitrogen and oxygen atoms in total. The second-order valence-electron chi connectivity index (χ2n) is 8.50. The van der Waals surface area contributed by atoms with Crippen molar-refractivity contribution >= 4 is 23.6 Å². The number of para-hydroxylation sites is 1. The summed E-state index contributed by atoms with van der Waals surface area (Å²) in [6.07, 6.45) is 0.677. The molecule has 0 atom stereocenters. The number of rotatable bonds is 3. The molecule has 1 aliphatic rings. The van der Waals surface area contributed by atoms with Crippen LogP contribution in [0.2, 0.25) is 0 Å². The van der Waals surface area contributed by atoms with Gasteiger partial charge in [-0.3, -0.25) is 9.36 Å². The fourth-order valence-electron chi connectivity index (χ4n) is 4.32. The maximum absolute atomic E-state index is 13.4. The van der Waals surface area contributed by atoms with Gasteiger partial charge in [-0.1, -0.05) is 32.0 Å². The topological polar surface area (TPSA) is 72.8 Å². The van der Waals surface area contributed by atoms with E-state index in [0.29, 0.717) is 27.4 Å². The summed E-state index contributed by atoms with van der Waals surface area (Å²) in [6.45, 7) is 4.17. The lowest BCUT2D eigenvalue weighted by Crippen LogP contribution is -2.35. The third kappa shape index (κ3) is 3.32. The largest absolute Gasteiger partial charge is 0.497 e. The molecule has 0 saturated carbocycles. The van der Waals surface area contributed by atoms with E-state index in [1.54, 1.807) is 31.4 Å². The summed E-state index contributed by atoms with van der Waals surface area (Å²) in [5.74, 6) is 0.678. The van der Waals surface area contributed by atoms with E-state index in [1.165, 1.54) is 16.0 Å². The van der Waals surface area contributed by atoms with Crippen molar-refractivity contribution in [2.45, 2.75) is 25.7 Å². The summed E-state index contributed by atoms with van der Waals surface area (Å²) >= 11 is 7.15. The third-order valence-corrected chi connectivity index (χ3v) is 7.35. The Balaban J connectivity index is 1.81. The Morgan fingerprint density at radius 3 is 2.45 bits per heavy atom. The van der Waals surface area contributed by atoms with E-state index >= 15 is 0 Å². The second kappa shape index (κ2) is 7.80. The molecule has 4 aromatic rings. The maximum Gasteiger partial charge on any atom is 0.290 e. The molecule has 0 bridgehead atoms. The third-order valence-electron chi connectivity index (χ3n) is 5.92. The number of ether oxygens (including phenoxy) is 1. The highest BCUT2D eigenvalue weighted by Crippen LogP contribution is 2.46. The normalized spacial score (nSPS) is 13.6. The highest BCUT2D eigenvalue weighted by Gasteiger charge is 2.39. The molecule has 8 heteroatoms. The lowest BCUT2D eigenvalue weighted by molar-refractivity contribution is 0.414. The van der Waals surface area contributed by atoms with E-state index in [4.69, 9.17) is 22.1 Å². The first-order valence-electron chi connectivity index (χ1n) is 10.4. The highest BCUT2D eigenvalue weighted by molar-refractivity contribution is 7.73. The molecular formula is C25H20N4O2S2. The van der Waals surface area contributed by atoms with E-state index in [1.807, 2.05) is 30.3 Å². The molecular weight excluding hydrogens is 452 g/mol. The van der Waals surface area contributed by atoms with Crippen molar-refractivity contribution in [3.63, 3.8) is 0 Å². The first-order chi connectivity index (χ1) is 15.9. The van der Waals surface area contributed by atoms with Crippen molar-refractivity contribution in [2.24, 2.45) is 0 Å². The van der Waals surface area contributed by atoms with E-state index < -0.39 is 11.0 Å². The zero-order chi connectivity index (χ0) is 23.3. The SMILES string of the molecule is COc1ccc(-n2nc3c(c(C#N)c2=O)-c2sc(=S)n(-c4ccccc4)c2CC3(C)C)cc1. The molecule has 0 fully saturated rings. The monoisotopic (exact) mass is 472 g/mol. The van der Waals surface area contributed by atoms with Gasteiger partial charge in [-0.25, -0.2) is 0 Å². The fourth-order valence-corrected chi connectivity index (χ4v) is 5.85. The smallest absolute Gasteiger partial charge is 0.290 e. The number of nitrogens with zero attached hydrogens (tertiary/aromatic N) is 4. The second-order valence-corrected chi connectivity index (χ2v) is 10.1. The molecule has 0 N–H and O–H groups in total. The van der Waals surface area contributed by atoms with Crippen molar-refractivity contribution < 1.29 is 4.74 Å². The molecule has 0 amide bonds. The molecule has 33 heavy (non-hydrogen) atoms. The Hall–Kier alpha value is -3.54. The van der Waals surface area contributed by atoms with Gasteiger partial charge in [0.2, 0.25) is 0 Å². The Bertz CT molecular complexity index is 1540. The zero-order valence-corrected chi connectivity index (χ0v) is 20.0. The van der Waals surface area contributed by atoms with Crippen LogP contribution < -0.4 is 10.3 Å². The van der Waals surface area contributed by atoms with Gasteiger partial charge in [-0.2, -0.15) is 15.0 Å². The van der Waals surface area contributed by atoms with Gasteiger partial charge >= 0.3 is 0 Å². The predicted octanol–water partition coefficient (Wildman–Crippen LogP) is 5.20. The van der Waals surface area contributed by atoms with Crippen molar-refractivity contribution in [2.75, 3.05) is 7.11 Å². The van der Waals surface area contributed by atoms with Crippen molar-refractivity contribution in [1.82, 2.24) is 14.3 Å². The minimum Gasteiger partial charge on any atom is -0.497 e. The summed E-state index contributed by atoms with van der Waals surface area (Å²) in [5, 5.41) is 14.9. The van der Waals surface area contributed by atoms with Crippen LogP contribution >= 0.6 is 23.6 Å². The number of thiazole rings is 1. The van der Waals surface area contributed by atoms with Crippen LogP contribution in [0.15, 0.2) is 59.4 Å². The molecule has 1 aliphatic carbocycles. The molecule has 0 radical (unpaired) electrons. The number of aromatic nitrogens is 3. The standard InChI is InChI=1S/C25H20N4O2S2/c1-25(2)13-19-21(33-24(32)28(19)15-7-5-4-6-8-15)20-18(14-26)23(30)29(27-22(20)25)16-9-11-17(31-3)12-10-16/h4-12H,13H2,1-3H3. The zero-order valence-electron chi connectivity index (χ0n) is 18.3. The number of fused-ring (bicyclic) bond motifs is 3. The summed E-state index contributed by atoms with van der Waals surface area (Å²) < 4.78 is 9.27. The van der Waals surface area contributed by atoms with Crippen LogP contribution in [0.4, 0.5) is 0 Å². The van der Waals surface area contributed by atoms with Crippen LogP contribution in [0.1, 0.15) is 30.8 Å². The van der Waals surface area contributed by atoms with E-state index in [2.05, 4.69) is 24.5 Å². The van der Waals surface area contributed by atoms with Crippen LogP contribution in [0.5, 0.6) is 5.75 Å². The number of nitriles is 1. The van der Waals surface area contributed by atoms with Gasteiger partial charge in [-0.15, -0.1) is 11.3 Å². The minimum atomic E-state index is -0.448. The van der Waals surface area contributed by atoms with E-state index in [9.17, 15) is 10.1 Å². The lowest BCUT2D eigenvalue weighted by Gasteiger charge is -2.32. The van der Waals surface area contributed by atoms with Crippen LogP contribution in [0.25, 0.3) is 21.8 Å². The van der Waals surface area contributed by atoms with Gasteiger partial charge < -0.3 is 4.74 Å². The van der Waals surface area contributed by atoms with Gasteiger partial charge in [0.25, 0.3) is 5.56 Å². The van der Waals surface area contributed by atoms with Gasteiger partial charge in [-0.05, 0) is 48.6 Å². The predicted molar refractivity (Wildman–Crippen MR) is 131 cm³/mol. The maximum atomic E-state index is 13.4. The number of methoxy groups -OCH3 is 1. The van der Waals surface area contributed by atoms with Gasteiger partial charge in [0.05, 0.1) is 23.4 Å². The van der Waals surface area contributed by atoms with Gasteiger partial charge in [0.1, 0.15) is 17.4 Å². The molecule has 0 saturated heterocycles. The summed E-state index contributed by atoms with van der Waals surface area (Å²) in [4.78, 5) is 14.3. The fraction of sp³-hybridized carbons (Fsp3) is 0.200. The summed E-state index contributed by atoms with van der Waals surface area (Å²) in [5.41, 5.74) is 3.09. The number of benzene rings is 2. The van der Waals surface area contributed by atoms with Crippen molar-refractivity contribution in [3.8, 4) is 33.6 Å². The molecule has 2 aromatic carbocycles. The molecule has 2 heterocycles. The van der Waals surface area contributed by atoms with Gasteiger partial charge in [0, 0.05) is 28.8 Å². The lowest BCUT2D eigenvalue weighted by atomic mass is 9.76. The summed E-state index contributed by atoms with van der Waals surface area (Å²) in [6, 6.07) is 19.2. The molecule has 0 unspecified atom stereocenters. The molecule has 0 spiro atoms. The Labute approximate surface area is 200 Å². The first-order valence-corrected chi connectivity index (χ1v) is 11.6. The van der Waals surface area contributed by atoms with Crippen molar-refractivity contribution in [1.29, 1.82) is 5.26 Å².